The molecule has 0 aliphatic rings. The van der Waals surface area contributed by atoms with Crippen molar-refractivity contribution in [3.05, 3.63) is 41.1 Å². The summed E-state index contributed by atoms with van der Waals surface area (Å²) < 4.78 is 7.21. The highest BCUT2D eigenvalue weighted by atomic mass is 16.5. The Morgan fingerprint density at radius 2 is 1.83 bits per heavy atom. The van der Waals surface area contributed by atoms with Gasteiger partial charge in [-0.2, -0.15) is 5.10 Å². The molecule has 0 fully saturated rings. The normalized spacial score (nSPS) is 12.5. The maximum Gasteiger partial charge on any atom is 0.130 e. The molecule has 1 heterocycles. The average molecular weight is 330 g/mol. The van der Waals surface area contributed by atoms with Gasteiger partial charge in [-0.05, 0) is 30.5 Å². The van der Waals surface area contributed by atoms with Crippen LogP contribution in [0.1, 0.15) is 36.7 Å². The third kappa shape index (κ3) is 3.90. The SMILES string of the molecule is COc1ccc([C@@H](NCc2c(C)nn(C)c2N(C)C)C(C)C)cc1. The van der Waals surface area contributed by atoms with Gasteiger partial charge in [-0.15, -0.1) is 0 Å². The third-order valence-corrected chi connectivity index (χ3v) is 4.38. The van der Waals surface area contributed by atoms with Crippen molar-refractivity contribution in [1.82, 2.24) is 15.1 Å². The van der Waals surface area contributed by atoms with Crippen LogP contribution in [0.15, 0.2) is 24.3 Å². The average Bonchev–Trinajstić information content (AvgIpc) is 2.81. The van der Waals surface area contributed by atoms with Crippen LogP contribution in [0.2, 0.25) is 0 Å². The minimum Gasteiger partial charge on any atom is -0.497 e. The maximum atomic E-state index is 5.26. The van der Waals surface area contributed by atoms with Gasteiger partial charge in [-0.25, -0.2) is 0 Å². The van der Waals surface area contributed by atoms with Gasteiger partial charge in [-0.1, -0.05) is 26.0 Å². The van der Waals surface area contributed by atoms with Gasteiger partial charge in [0.05, 0.1) is 12.8 Å². The Labute approximate surface area is 145 Å². The Morgan fingerprint density at radius 3 is 2.33 bits per heavy atom. The molecule has 2 aromatic rings. The molecule has 1 aromatic heterocycles. The Hall–Kier alpha value is -2.01. The van der Waals surface area contributed by atoms with Gasteiger partial charge in [-0.3, -0.25) is 4.68 Å². The first-order valence-electron chi connectivity index (χ1n) is 8.42. The van der Waals surface area contributed by atoms with E-state index in [9.17, 15) is 0 Å². The molecule has 0 spiro atoms. The molecule has 24 heavy (non-hydrogen) atoms. The molecule has 0 saturated carbocycles. The number of methoxy groups -OCH3 is 1. The Kier molecular flexibility index (Phi) is 5.89. The van der Waals surface area contributed by atoms with Crippen molar-refractivity contribution in [3.8, 4) is 5.75 Å². The zero-order valence-corrected chi connectivity index (χ0v) is 15.9. The van der Waals surface area contributed by atoms with Gasteiger partial charge >= 0.3 is 0 Å². The molecule has 0 saturated heterocycles. The minimum absolute atomic E-state index is 0.283. The van der Waals surface area contributed by atoms with Gasteiger partial charge in [0.2, 0.25) is 0 Å². The molecular weight excluding hydrogens is 300 g/mol. The van der Waals surface area contributed by atoms with E-state index in [1.54, 1.807) is 7.11 Å². The van der Waals surface area contributed by atoms with Crippen LogP contribution < -0.4 is 15.0 Å². The molecule has 2 rings (SSSR count). The van der Waals surface area contributed by atoms with E-state index in [1.807, 2.05) is 23.9 Å². The van der Waals surface area contributed by atoms with Gasteiger partial charge in [0.25, 0.3) is 0 Å². The number of benzene rings is 1. The van der Waals surface area contributed by atoms with Crippen LogP contribution in [0.4, 0.5) is 5.82 Å². The zero-order valence-electron chi connectivity index (χ0n) is 15.9. The quantitative estimate of drug-likeness (QED) is 0.846. The van der Waals surface area contributed by atoms with E-state index in [0.717, 1.165) is 23.8 Å². The summed E-state index contributed by atoms with van der Waals surface area (Å²) >= 11 is 0. The van der Waals surface area contributed by atoms with Crippen LogP contribution in [-0.4, -0.2) is 31.0 Å². The van der Waals surface area contributed by atoms with Crippen LogP contribution in [0.25, 0.3) is 0 Å². The van der Waals surface area contributed by atoms with Crippen LogP contribution in [0, 0.1) is 12.8 Å². The number of anilines is 1. The summed E-state index contributed by atoms with van der Waals surface area (Å²) in [5.74, 6) is 2.52. The summed E-state index contributed by atoms with van der Waals surface area (Å²) in [5.41, 5.74) is 3.60. The van der Waals surface area contributed by atoms with Gasteiger partial charge in [0, 0.05) is 39.3 Å². The Bertz CT molecular complexity index is 659. The van der Waals surface area contributed by atoms with Gasteiger partial charge in [0.1, 0.15) is 11.6 Å². The first kappa shape index (κ1) is 18.3. The summed E-state index contributed by atoms with van der Waals surface area (Å²) in [5, 5.41) is 8.29. The summed E-state index contributed by atoms with van der Waals surface area (Å²) in [7, 11) is 7.81. The fraction of sp³-hybridized carbons (Fsp3) is 0.526. The molecule has 0 radical (unpaired) electrons. The van der Waals surface area contributed by atoms with Crippen molar-refractivity contribution in [3.63, 3.8) is 0 Å². The largest absolute Gasteiger partial charge is 0.497 e. The molecule has 5 nitrogen and oxygen atoms in total. The van der Waals surface area contributed by atoms with Gasteiger partial charge in [0.15, 0.2) is 0 Å². The number of nitrogens with zero attached hydrogens (tertiary/aromatic N) is 3. The zero-order chi connectivity index (χ0) is 17.9. The molecule has 0 amide bonds. The summed E-state index contributed by atoms with van der Waals surface area (Å²) in [6.45, 7) is 7.35. The Balaban J connectivity index is 2.20. The monoisotopic (exact) mass is 330 g/mol. The van der Waals surface area contributed by atoms with Crippen LogP contribution in [0.5, 0.6) is 5.75 Å². The number of aryl methyl sites for hydroxylation is 2. The molecule has 1 N–H and O–H groups in total. The van der Waals surface area contributed by atoms with Crippen molar-refractivity contribution >= 4 is 5.82 Å². The first-order valence-corrected chi connectivity index (χ1v) is 8.42. The molecule has 1 aromatic carbocycles. The van der Waals surface area contributed by atoms with Crippen LogP contribution >= 0.6 is 0 Å². The highest BCUT2D eigenvalue weighted by Crippen LogP contribution is 2.26. The van der Waals surface area contributed by atoms with E-state index in [1.165, 1.54) is 11.1 Å². The van der Waals surface area contributed by atoms with Crippen molar-refractivity contribution in [2.24, 2.45) is 13.0 Å². The van der Waals surface area contributed by atoms with E-state index in [-0.39, 0.29) is 6.04 Å². The van der Waals surface area contributed by atoms with E-state index >= 15 is 0 Å². The Morgan fingerprint density at radius 1 is 1.21 bits per heavy atom. The maximum absolute atomic E-state index is 5.26. The number of hydrogen-bond donors (Lipinski definition) is 1. The number of rotatable bonds is 7. The molecule has 0 bridgehead atoms. The van der Waals surface area contributed by atoms with E-state index in [4.69, 9.17) is 4.74 Å². The van der Waals surface area contributed by atoms with Crippen LogP contribution in [-0.2, 0) is 13.6 Å². The second kappa shape index (κ2) is 7.71. The lowest BCUT2D eigenvalue weighted by atomic mass is 9.95. The second-order valence-electron chi connectivity index (χ2n) is 6.78. The molecule has 0 unspecified atom stereocenters. The molecule has 5 heteroatoms. The fourth-order valence-corrected chi connectivity index (χ4v) is 3.22. The predicted octanol–water partition coefficient (Wildman–Crippen LogP) is 3.29. The summed E-state index contributed by atoms with van der Waals surface area (Å²) in [4.78, 5) is 2.12. The molecule has 1 atom stereocenters. The summed E-state index contributed by atoms with van der Waals surface area (Å²) in [6, 6.07) is 8.60. The van der Waals surface area contributed by atoms with E-state index in [2.05, 4.69) is 62.3 Å². The van der Waals surface area contributed by atoms with Gasteiger partial charge < -0.3 is 15.0 Å². The minimum atomic E-state index is 0.283. The standard InChI is InChI=1S/C19H30N4O/c1-13(2)18(15-8-10-16(24-7)11-9-15)20-12-17-14(3)21-23(6)19(17)22(4)5/h8-11,13,18,20H,12H2,1-7H3/t18-/m0/s1. The lowest BCUT2D eigenvalue weighted by Gasteiger charge is -2.24. The highest BCUT2D eigenvalue weighted by Gasteiger charge is 2.19. The van der Waals surface area contributed by atoms with Crippen molar-refractivity contribution in [1.29, 1.82) is 0 Å². The third-order valence-electron chi connectivity index (χ3n) is 4.38. The van der Waals surface area contributed by atoms with Crippen molar-refractivity contribution in [2.75, 3.05) is 26.1 Å². The van der Waals surface area contributed by atoms with Crippen molar-refractivity contribution in [2.45, 2.75) is 33.4 Å². The van der Waals surface area contributed by atoms with E-state index < -0.39 is 0 Å². The number of aromatic nitrogens is 2. The number of nitrogens with one attached hydrogen (secondary N) is 1. The topological polar surface area (TPSA) is 42.3 Å². The smallest absolute Gasteiger partial charge is 0.130 e. The lowest BCUT2D eigenvalue weighted by molar-refractivity contribution is 0.404. The lowest BCUT2D eigenvalue weighted by Crippen LogP contribution is -2.26. The second-order valence-corrected chi connectivity index (χ2v) is 6.78. The first-order chi connectivity index (χ1) is 11.3. The van der Waals surface area contributed by atoms with Crippen molar-refractivity contribution < 1.29 is 4.74 Å². The molecular formula is C19H30N4O. The highest BCUT2D eigenvalue weighted by molar-refractivity contribution is 5.49. The summed E-state index contributed by atoms with van der Waals surface area (Å²) in [6.07, 6.45) is 0. The predicted molar refractivity (Wildman–Crippen MR) is 99.7 cm³/mol. The molecule has 132 valence electrons. The molecule has 0 aliphatic carbocycles. The van der Waals surface area contributed by atoms with Crippen LogP contribution in [0.3, 0.4) is 0 Å². The number of hydrogen-bond acceptors (Lipinski definition) is 4. The van der Waals surface area contributed by atoms with E-state index in [0.29, 0.717) is 5.92 Å². The fourth-order valence-electron chi connectivity index (χ4n) is 3.22. The molecule has 0 aliphatic heterocycles. The number of ether oxygens (including phenoxy) is 1.